The number of allylic oxidation sites excluding steroid dienone is 5. The van der Waals surface area contributed by atoms with E-state index >= 15 is 0 Å². The highest BCUT2D eigenvalue weighted by atomic mass is 28.2. The second-order valence-corrected chi connectivity index (χ2v) is 10.0. The van der Waals surface area contributed by atoms with Gasteiger partial charge in [-0.1, -0.05) is 60.2 Å². The molecular weight excluding hydrogens is 342 g/mol. The maximum Gasteiger partial charge on any atom is 0.0710 e. The van der Waals surface area contributed by atoms with E-state index in [4.69, 9.17) is 4.99 Å². The summed E-state index contributed by atoms with van der Waals surface area (Å²) in [5.74, 6) is 0. The van der Waals surface area contributed by atoms with Crippen LogP contribution in [0.2, 0.25) is 0 Å². The molecule has 1 atom stereocenters. The third-order valence-corrected chi connectivity index (χ3v) is 9.21. The molecule has 0 N–H and O–H groups in total. The van der Waals surface area contributed by atoms with Crippen LogP contribution in [-0.2, 0) is 0 Å². The Bertz CT molecular complexity index is 1150. The van der Waals surface area contributed by atoms with Gasteiger partial charge < -0.3 is 0 Å². The fraction of sp³-hybridized carbons (Fsp3) is 0.240. The predicted molar refractivity (Wildman–Crippen MR) is 120 cm³/mol. The summed E-state index contributed by atoms with van der Waals surface area (Å²) < 4.78 is 0. The average Bonchev–Trinajstić information content (AvgIpc) is 3.28. The van der Waals surface area contributed by atoms with Crippen LogP contribution in [0.5, 0.6) is 0 Å². The van der Waals surface area contributed by atoms with Crippen LogP contribution in [0.25, 0.3) is 16.8 Å². The highest BCUT2D eigenvalue weighted by molar-refractivity contribution is 6.51. The molecule has 2 aromatic carbocycles. The molecular formula is C25H25NSi. The lowest BCUT2D eigenvalue weighted by Crippen LogP contribution is -2.10. The first-order chi connectivity index (χ1) is 13.1. The average molecular weight is 368 g/mol. The number of hydrogen-bond acceptors (Lipinski definition) is 1. The van der Waals surface area contributed by atoms with Crippen LogP contribution in [0, 0.1) is 0 Å². The summed E-state index contributed by atoms with van der Waals surface area (Å²) in [6.07, 6.45) is 5.86. The van der Waals surface area contributed by atoms with Gasteiger partial charge in [0.05, 0.1) is 15.2 Å². The number of fused-ring (bicyclic) bond motifs is 4. The van der Waals surface area contributed by atoms with E-state index in [0.717, 1.165) is 6.42 Å². The topological polar surface area (TPSA) is 12.4 Å². The number of nitrogens with zero attached hydrogens (tertiary/aromatic N) is 1. The molecule has 0 fully saturated rings. The zero-order valence-electron chi connectivity index (χ0n) is 16.6. The zero-order valence-corrected chi connectivity index (χ0v) is 18.0. The Balaban J connectivity index is 1.54. The standard InChI is InChI=1S/C25H25NSi/c1-5-21-15(3)24-16(4)23(13-22(24)26-21)27-25-14(2)12-20-18-9-7-6-8-17(18)10-11-19(20)25/h6-13,25H,5,27H2,1-4H3. The number of rotatable bonds is 3. The third-order valence-electron chi connectivity index (χ3n) is 6.55. The van der Waals surface area contributed by atoms with Gasteiger partial charge in [-0.3, -0.25) is 4.99 Å². The van der Waals surface area contributed by atoms with Crippen LogP contribution in [0.4, 0.5) is 0 Å². The van der Waals surface area contributed by atoms with Crippen LogP contribution in [-0.4, -0.2) is 15.2 Å². The summed E-state index contributed by atoms with van der Waals surface area (Å²) in [6.45, 7) is 9.08. The minimum Gasteiger partial charge on any atom is -0.253 e. The van der Waals surface area contributed by atoms with E-state index in [2.05, 4.69) is 76.2 Å². The number of hydrogen-bond donors (Lipinski definition) is 0. The van der Waals surface area contributed by atoms with Gasteiger partial charge in [0.25, 0.3) is 0 Å². The molecule has 5 rings (SSSR count). The van der Waals surface area contributed by atoms with Crippen molar-refractivity contribution in [1.82, 2.24) is 0 Å². The molecule has 0 saturated heterocycles. The fourth-order valence-corrected chi connectivity index (χ4v) is 7.28. The van der Waals surface area contributed by atoms with Crippen LogP contribution < -0.4 is 0 Å². The molecule has 0 amide bonds. The molecule has 0 saturated carbocycles. The lowest BCUT2D eigenvalue weighted by molar-refractivity contribution is 1.13. The van der Waals surface area contributed by atoms with Gasteiger partial charge in [0, 0.05) is 11.3 Å². The Morgan fingerprint density at radius 2 is 1.78 bits per heavy atom. The molecule has 3 aliphatic rings. The molecule has 1 nitrogen and oxygen atoms in total. The molecule has 0 aromatic heterocycles. The SMILES string of the molecule is CCC1=NC2=CC([SiH2]C3C(C)=Cc4c3ccc3ccccc43)=C(C)C2=C1C. The third kappa shape index (κ3) is 2.40. The smallest absolute Gasteiger partial charge is 0.0710 e. The van der Waals surface area contributed by atoms with Crippen molar-refractivity contribution in [2.45, 2.75) is 39.7 Å². The van der Waals surface area contributed by atoms with E-state index in [1.807, 2.05) is 0 Å². The highest BCUT2D eigenvalue weighted by Gasteiger charge is 2.31. The summed E-state index contributed by atoms with van der Waals surface area (Å²) in [7, 11) is -0.459. The van der Waals surface area contributed by atoms with Crippen molar-refractivity contribution in [2.24, 2.45) is 4.99 Å². The van der Waals surface area contributed by atoms with E-state index in [1.54, 1.807) is 5.20 Å². The Labute approximate surface area is 163 Å². The first-order valence-corrected chi connectivity index (χ1v) is 11.5. The monoisotopic (exact) mass is 367 g/mol. The van der Waals surface area contributed by atoms with Gasteiger partial charge in [0.2, 0.25) is 0 Å². The lowest BCUT2D eigenvalue weighted by Gasteiger charge is -2.16. The molecule has 2 aliphatic carbocycles. The molecule has 0 radical (unpaired) electrons. The minimum absolute atomic E-state index is 0.459. The van der Waals surface area contributed by atoms with E-state index < -0.39 is 9.52 Å². The molecule has 1 aliphatic heterocycles. The van der Waals surface area contributed by atoms with E-state index in [9.17, 15) is 0 Å². The Morgan fingerprint density at radius 3 is 2.56 bits per heavy atom. The molecule has 134 valence electrons. The van der Waals surface area contributed by atoms with Crippen LogP contribution >= 0.6 is 0 Å². The van der Waals surface area contributed by atoms with E-state index in [-0.39, 0.29) is 0 Å². The summed E-state index contributed by atoms with van der Waals surface area (Å²) in [5, 5.41) is 4.34. The fourth-order valence-electron chi connectivity index (χ4n) is 5.03. The number of benzene rings is 2. The normalized spacial score (nSPS) is 21.3. The van der Waals surface area contributed by atoms with Gasteiger partial charge in [-0.25, -0.2) is 0 Å². The maximum atomic E-state index is 4.90. The van der Waals surface area contributed by atoms with Crippen molar-refractivity contribution in [2.75, 3.05) is 0 Å². The largest absolute Gasteiger partial charge is 0.253 e. The van der Waals surface area contributed by atoms with Gasteiger partial charge in [0.1, 0.15) is 0 Å². The van der Waals surface area contributed by atoms with Gasteiger partial charge >= 0.3 is 0 Å². The van der Waals surface area contributed by atoms with Gasteiger partial charge in [0.15, 0.2) is 0 Å². The van der Waals surface area contributed by atoms with Crippen molar-refractivity contribution >= 4 is 32.1 Å². The van der Waals surface area contributed by atoms with Crippen LogP contribution in [0.3, 0.4) is 0 Å². The van der Waals surface area contributed by atoms with E-state index in [0.29, 0.717) is 5.54 Å². The summed E-state index contributed by atoms with van der Waals surface area (Å²) in [6, 6.07) is 13.4. The van der Waals surface area contributed by atoms with Crippen molar-refractivity contribution in [3.05, 3.63) is 86.8 Å². The molecule has 1 unspecified atom stereocenters. The quantitative estimate of drug-likeness (QED) is 0.606. The Hall–Kier alpha value is -2.45. The molecule has 1 heterocycles. The van der Waals surface area contributed by atoms with E-state index in [1.165, 1.54) is 55.6 Å². The Kier molecular flexibility index (Phi) is 3.73. The lowest BCUT2D eigenvalue weighted by atomic mass is 10.0. The van der Waals surface area contributed by atoms with Crippen LogP contribution in [0.1, 0.15) is 50.8 Å². The highest BCUT2D eigenvalue weighted by Crippen LogP contribution is 2.44. The molecule has 27 heavy (non-hydrogen) atoms. The maximum absolute atomic E-state index is 4.90. The number of aliphatic imine (C=N–C) groups is 1. The summed E-state index contributed by atoms with van der Waals surface area (Å²) in [5.41, 5.74) is 11.9. The van der Waals surface area contributed by atoms with Crippen molar-refractivity contribution in [1.29, 1.82) is 0 Å². The van der Waals surface area contributed by atoms with Gasteiger partial charge in [-0.15, -0.1) is 0 Å². The predicted octanol–water partition coefficient (Wildman–Crippen LogP) is 5.82. The van der Waals surface area contributed by atoms with Crippen molar-refractivity contribution in [3.8, 4) is 0 Å². The van der Waals surface area contributed by atoms with Crippen molar-refractivity contribution < 1.29 is 0 Å². The van der Waals surface area contributed by atoms with Crippen molar-refractivity contribution in [3.63, 3.8) is 0 Å². The van der Waals surface area contributed by atoms with Gasteiger partial charge in [-0.2, -0.15) is 0 Å². The van der Waals surface area contributed by atoms with Crippen LogP contribution in [0.15, 0.2) is 80.7 Å². The van der Waals surface area contributed by atoms with Gasteiger partial charge in [-0.05, 0) is 71.9 Å². The molecule has 0 spiro atoms. The second-order valence-electron chi connectivity index (χ2n) is 8.03. The summed E-state index contributed by atoms with van der Waals surface area (Å²) >= 11 is 0. The molecule has 2 heteroatoms. The molecule has 2 aromatic rings. The minimum atomic E-state index is -0.459. The molecule has 0 bridgehead atoms. The second kappa shape index (κ2) is 6.03. The zero-order chi connectivity index (χ0) is 18.7. The first kappa shape index (κ1) is 16.7. The Morgan fingerprint density at radius 1 is 0.963 bits per heavy atom. The first-order valence-electron chi connectivity index (χ1n) is 9.99. The summed E-state index contributed by atoms with van der Waals surface area (Å²) in [4.78, 5) is 4.90.